The fourth-order valence-corrected chi connectivity index (χ4v) is 2.69. The monoisotopic (exact) mass is 266 g/mol. The highest BCUT2D eigenvalue weighted by Gasteiger charge is 2.00. The largest absolute Gasteiger partial charge is 0.481 e. The molecule has 0 fully saturated rings. The Hall–Kier alpha value is -0.960. The Labute approximate surface area is 114 Å². The lowest BCUT2D eigenvalue weighted by atomic mass is 10.2. The van der Waals surface area contributed by atoms with Crippen LogP contribution in [0.15, 0.2) is 29.2 Å². The highest BCUT2D eigenvalue weighted by Crippen LogP contribution is 2.20. The summed E-state index contributed by atoms with van der Waals surface area (Å²) in [5, 5.41) is 8.68. The lowest BCUT2D eigenvalue weighted by Gasteiger charge is -2.03. The van der Waals surface area contributed by atoms with E-state index in [1.54, 1.807) is 0 Å². The molecule has 1 N–H and O–H groups in total. The van der Waals surface area contributed by atoms with Crippen LogP contribution in [-0.2, 0) is 11.2 Å². The van der Waals surface area contributed by atoms with Crippen LogP contribution in [0, 0.1) is 0 Å². The molecule has 0 saturated heterocycles. The van der Waals surface area contributed by atoms with E-state index >= 15 is 0 Å². The molecule has 0 spiro atoms. The molecule has 0 heterocycles. The van der Waals surface area contributed by atoms with Crippen molar-refractivity contribution in [2.24, 2.45) is 0 Å². The second kappa shape index (κ2) is 9.03. The van der Waals surface area contributed by atoms with Gasteiger partial charge in [-0.2, -0.15) is 0 Å². The number of aliphatic carboxylic acids is 1. The van der Waals surface area contributed by atoms with Gasteiger partial charge >= 0.3 is 5.97 Å². The summed E-state index contributed by atoms with van der Waals surface area (Å²) < 4.78 is 0. The summed E-state index contributed by atoms with van der Waals surface area (Å²) in [5.41, 5.74) is 0.870. The molecule has 0 aliphatic rings. The SMILES string of the molecule is CCCCCCCSc1ccc(CC(=O)O)cc1. The van der Waals surface area contributed by atoms with Crippen LogP contribution >= 0.6 is 11.8 Å². The predicted molar refractivity (Wildman–Crippen MR) is 77.3 cm³/mol. The van der Waals surface area contributed by atoms with Crippen LogP contribution < -0.4 is 0 Å². The van der Waals surface area contributed by atoms with Gasteiger partial charge in [-0.3, -0.25) is 4.79 Å². The summed E-state index contributed by atoms with van der Waals surface area (Å²) in [6, 6.07) is 7.87. The molecule has 0 aromatic heterocycles. The van der Waals surface area contributed by atoms with Crippen LogP contribution in [0.5, 0.6) is 0 Å². The summed E-state index contributed by atoms with van der Waals surface area (Å²) in [7, 11) is 0. The highest BCUT2D eigenvalue weighted by atomic mass is 32.2. The molecule has 0 atom stereocenters. The third-order valence-corrected chi connectivity index (χ3v) is 3.89. The smallest absolute Gasteiger partial charge is 0.307 e. The van der Waals surface area contributed by atoms with Gasteiger partial charge in [-0.05, 0) is 29.9 Å². The van der Waals surface area contributed by atoms with Crippen molar-refractivity contribution in [1.82, 2.24) is 0 Å². The fraction of sp³-hybridized carbons (Fsp3) is 0.533. The van der Waals surface area contributed by atoms with Gasteiger partial charge in [-0.1, -0.05) is 44.7 Å². The van der Waals surface area contributed by atoms with Gasteiger partial charge in [0.25, 0.3) is 0 Å². The lowest BCUT2D eigenvalue weighted by molar-refractivity contribution is -0.136. The third kappa shape index (κ3) is 6.70. The van der Waals surface area contributed by atoms with Crippen molar-refractivity contribution in [1.29, 1.82) is 0 Å². The van der Waals surface area contributed by atoms with Gasteiger partial charge in [0.1, 0.15) is 0 Å². The second-order valence-electron chi connectivity index (χ2n) is 4.48. The van der Waals surface area contributed by atoms with Gasteiger partial charge in [0.2, 0.25) is 0 Å². The molecule has 0 unspecified atom stereocenters. The quantitative estimate of drug-likeness (QED) is 0.532. The summed E-state index contributed by atoms with van der Waals surface area (Å²) in [5.74, 6) is 0.383. The first-order valence-electron chi connectivity index (χ1n) is 6.66. The second-order valence-corrected chi connectivity index (χ2v) is 5.65. The molecule has 18 heavy (non-hydrogen) atoms. The number of carboxylic acid groups (broad SMARTS) is 1. The molecule has 0 radical (unpaired) electrons. The van der Waals surface area contributed by atoms with Gasteiger partial charge in [0.05, 0.1) is 6.42 Å². The topological polar surface area (TPSA) is 37.3 Å². The zero-order valence-electron chi connectivity index (χ0n) is 11.0. The molecule has 100 valence electrons. The van der Waals surface area contributed by atoms with Crippen molar-refractivity contribution in [3.63, 3.8) is 0 Å². The summed E-state index contributed by atoms with van der Waals surface area (Å²) in [4.78, 5) is 11.8. The van der Waals surface area contributed by atoms with E-state index in [0.717, 1.165) is 11.3 Å². The maximum Gasteiger partial charge on any atom is 0.307 e. The molecular formula is C15H22O2S. The minimum absolute atomic E-state index is 0.113. The summed E-state index contributed by atoms with van der Waals surface area (Å²) >= 11 is 1.86. The minimum Gasteiger partial charge on any atom is -0.481 e. The van der Waals surface area contributed by atoms with Crippen molar-refractivity contribution in [2.75, 3.05) is 5.75 Å². The van der Waals surface area contributed by atoms with Crippen LogP contribution in [0.25, 0.3) is 0 Å². The number of carbonyl (C=O) groups is 1. The van der Waals surface area contributed by atoms with Crippen molar-refractivity contribution in [3.05, 3.63) is 29.8 Å². The van der Waals surface area contributed by atoms with Crippen LogP contribution in [0.1, 0.15) is 44.6 Å². The van der Waals surface area contributed by atoms with Crippen molar-refractivity contribution in [3.8, 4) is 0 Å². The Bertz CT molecular complexity index is 346. The molecule has 0 aliphatic carbocycles. The highest BCUT2D eigenvalue weighted by molar-refractivity contribution is 7.99. The van der Waals surface area contributed by atoms with Gasteiger partial charge in [0, 0.05) is 4.90 Å². The average molecular weight is 266 g/mol. The number of hydrogen-bond acceptors (Lipinski definition) is 2. The molecule has 2 nitrogen and oxygen atoms in total. The number of hydrogen-bond donors (Lipinski definition) is 1. The molecule has 1 aromatic rings. The molecule has 3 heteroatoms. The predicted octanol–water partition coefficient (Wildman–Crippen LogP) is 4.38. The van der Waals surface area contributed by atoms with E-state index < -0.39 is 5.97 Å². The number of rotatable bonds is 9. The normalized spacial score (nSPS) is 10.5. The van der Waals surface area contributed by atoms with E-state index in [1.165, 1.54) is 37.0 Å². The first-order valence-corrected chi connectivity index (χ1v) is 7.64. The van der Waals surface area contributed by atoms with Gasteiger partial charge in [-0.25, -0.2) is 0 Å². The van der Waals surface area contributed by atoms with E-state index in [1.807, 2.05) is 36.0 Å². The van der Waals surface area contributed by atoms with E-state index in [-0.39, 0.29) is 6.42 Å². The van der Waals surface area contributed by atoms with Crippen LogP contribution in [0.3, 0.4) is 0 Å². The van der Waals surface area contributed by atoms with Gasteiger partial charge in [-0.15, -0.1) is 11.8 Å². The van der Waals surface area contributed by atoms with E-state index in [4.69, 9.17) is 5.11 Å². The van der Waals surface area contributed by atoms with Crippen molar-refractivity contribution >= 4 is 17.7 Å². The zero-order chi connectivity index (χ0) is 13.2. The average Bonchev–Trinajstić information content (AvgIpc) is 2.35. The number of carboxylic acids is 1. The standard InChI is InChI=1S/C15H22O2S/c1-2-3-4-5-6-11-18-14-9-7-13(8-10-14)12-15(16)17/h7-10H,2-6,11-12H2,1H3,(H,16,17). The van der Waals surface area contributed by atoms with Crippen LogP contribution in [0.2, 0.25) is 0 Å². The lowest BCUT2D eigenvalue weighted by Crippen LogP contribution is -1.99. The minimum atomic E-state index is -0.772. The Morgan fingerprint density at radius 2 is 1.78 bits per heavy atom. The molecule has 0 amide bonds. The number of thioether (sulfide) groups is 1. The summed E-state index contributed by atoms with van der Waals surface area (Å²) in [6.07, 6.45) is 6.67. The van der Waals surface area contributed by atoms with Crippen molar-refractivity contribution < 1.29 is 9.90 Å². The Kier molecular flexibility index (Phi) is 7.58. The Morgan fingerprint density at radius 1 is 1.11 bits per heavy atom. The molecule has 0 saturated carbocycles. The Balaban J connectivity index is 2.20. The Morgan fingerprint density at radius 3 is 2.39 bits per heavy atom. The molecule has 0 bridgehead atoms. The third-order valence-electron chi connectivity index (χ3n) is 2.80. The maximum absolute atomic E-state index is 10.5. The summed E-state index contributed by atoms with van der Waals surface area (Å²) in [6.45, 7) is 2.23. The fourth-order valence-electron chi connectivity index (χ4n) is 1.77. The molecule has 1 aromatic carbocycles. The molecule has 0 aliphatic heterocycles. The zero-order valence-corrected chi connectivity index (χ0v) is 11.8. The number of benzene rings is 1. The number of unbranched alkanes of at least 4 members (excludes halogenated alkanes) is 4. The van der Waals surface area contributed by atoms with Crippen molar-refractivity contribution in [2.45, 2.75) is 50.3 Å². The van der Waals surface area contributed by atoms with Gasteiger partial charge in [0.15, 0.2) is 0 Å². The van der Waals surface area contributed by atoms with E-state index in [0.29, 0.717) is 0 Å². The van der Waals surface area contributed by atoms with Crippen LogP contribution in [-0.4, -0.2) is 16.8 Å². The van der Waals surface area contributed by atoms with Gasteiger partial charge < -0.3 is 5.11 Å². The van der Waals surface area contributed by atoms with E-state index in [2.05, 4.69) is 6.92 Å². The molecule has 1 rings (SSSR count). The first-order chi connectivity index (χ1) is 8.72. The van der Waals surface area contributed by atoms with Crippen LogP contribution in [0.4, 0.5) is 0 Å². The molecular weight excluding hydrogens is 244 g/mol. The maximum atomic E-state index is 10.5. The van der Waals surface area contributed by atoms with E-state index in [9.17, 15) is 4.79 Å². The first kappa shape index (κ1) is 15.1.